The number of benzene rings is 6. The lowest BCUT2D eigenvalue weighted by Crippen LogP contribution is -1.87. The fourth-order valence-corrected chi connectivity index (χ4v) is 4.73. The van der Waals surface area contributed by atoms with Gasteiger partial charge in [-0.05, 0) is 78.1 Å². The zero-order valence-corrected chi connectivity index (χ0v) is 16.9. The van der Waals surface area contributed by atoms with Crippen LogP contribution >= 0.6 is 0 Å². The highest BCUT2D eigenvalue weighted by atomic mass is 16.5. The summed E-state index contributed by atoms with van der Waals surface area (Å²) in [6, 6.07) is 30.4. The van der Waals surface area contributed by atoms with Crippen LogP contribution in [0.25, 0.3) is 53.9 Å². The van der Waals surface area contributed by atoms with Crippen molar-refractivity contribution in [1.29, 1.82) is 0 Å². The number of methoxy groups -OCH3 is 2. The minimum absolute atomic E-state index is 0.879. The minimum atomic E-state index is 0.879. The Balaban J connectivity index is 1.89. The van der Waals surface area contributed by atoms with Crippen LogP contribution in [0.1, 0.15) is 0 Å². The van der Waals surface area contributed by atoms with E-state index < -0.39 is 0 Å². The Labute approximate surface area is 174 Å². The molecule has 6 aromatic rings. The van der Waals surface area contributed by atoms with Crippen molar-refractivity contribution in [3.05, 3.63) is 84.9 Å². The highest BCUT2D eigenvalue weighted by molar-refractivity contribution is 6.32. The summed E-state index contributed by atoms with van der Waals surface area (Å²) < 4.78 is 10.9. The first-order valence-electron chi connectivity index (χ1n) is 10.1. The first kappa shape index (κ1) is 17.1. The van der Waals surface area contributed by atoms with E-state index in [2.05, 4.69) is 84.9 Å². The molecule has 0 saturated carbocycles. The van der Waals surface area contributed by atoms with Crippen LogP contribution < -0.4 is 9.47 Å². The van der Waals surface area contributed by atoms with Crippen molar-refractivity contribution in [2.24, 2.45) is 0 Å². The molecule has 0 radical (unpaired) electrons. The van der Waals surface area contributed by atoms with Crippen LogP contribution in [0.5, 0.6) is 11.5 Å². The third-order valence-corrected chi connectivity index (χ3v) is 6.19. The molecule has 0 spiro atoms. The Hall–Kier alpha value is -3.78. The molecule has 0 bridgehead atoms. The third kappa shape index (κ3) is 2.37. The number of hydrogen-bond donors (Lipinski definition) is 0. The van der Waals surface area contributed by atoms with Gasteiger partial charge in [0.05, 0.1) is 14.2 Å². The molecule has 2 nitrogen and oxygen atoms in total. The van der Waals surface area contributed by atoms with Gasteiger partial charge in [0.25, 0.3) is 0 Å². The predicted molar refractivity (Wildman–Crippen MR) is 127 cm³/mol. The fraction of sp³-hybridized carbons (Fsp3) is 0.0714. The van der Waals surface area contributed by atoms with Crippen molar-refractivity contribution in [2.45, 2.75) is 0 Å². The van der Waals surface area contributed by atoms with Gasteiger partial charge in [-0.1, -0.05) is 60.7 Å². The zero-order chi connectivity index (χ0) is 20.2. The van der Waals surface area contributed by atoms with Crippen LogP contribution in [0.2, 0.25) is 0 Å². The van der Waals surface area contributed by atoms with E-state index >= 15 is 0 Å². The molecular weight excluding hydrogens is 368 g/mol. The van der Waals surface area contributed by atoms with E-state index in [1.54, 1.807) is 14.2 Å². The lowest BCUT2D eigenvalue weighted by atomic mass is 9.90. The molecule has 0 aromatic heterocycles. The normalized spacial score (nSPS) is 11.7. The lowest BCUT2D eigenvalue weighted by molar-refractivity contribution is 0.415. The highest BCUT2D eigenvalue weighted by Gasteiger charge is 2.12. The van der Waals surface area contributed by atoms with E-state index in [0.717, 1.165) is 11.5 Å². The summed E-state index contributed by atoms with van der Waals surface area (Å²) in [6.07, 6.45) is 0. The van der Waals surface area contributed by atoms with E-state index in [-0.39, 0.29) is 0 Å². The van der Waals surface area contributed by atoms with Gasteiger partial charge in [0.1, 0.15) is 11.5 Å². The topological polar surface area (TPSA) is 18.5 Å². The zero-order valence-electron chi connectivity index (χ0n) is 16.9. The Bertz CT molecular complexity index is 1490. The molecule has 0 fully saturated rings. The van der Waals surface area contributed by atoms with Crippen LogP contribution in [0.15, 0.2) is 84.9 Å². The maximum absolute atomic E-state index is 5.46. The molecule has 144 valence electrons. The van der Waals surface area contributed by atoms with Gasteiger partial charge >= 0.3 is 0 Å². The van der Waals surface area contributed by atoms with Crippen LogP contribution in [-0.2, 0) is 0 Å². The molecule has 0 aliphatic heterocycles. The summed E-state index contributed by atoms with van der Waals surface area (Å²) in [6.45, 7) is 0. The highest BCUT2D eigenvalue weighted by Crippen LogP contribution is 2.40. The summed E-state index contributed by atoms with van der Waals surface area (Å²) in [7, 11) is 3.43. The van der Waals surface area contributed by atoms with Gasteiger partial charge in [0.2, 0.25) is 0 Å². The molecule has 0 unspecified atom stereocenters. The van der Waals surface area contributed by atoms with Gasteiger partial charge in [-0.2, -0.15) is 0 Å². The Kier molecular flexibility index (Phi) is 3.63. The SMILES string of the molecule is COc1ccc2c(ccc3ccc4ccc5ccc6cc(OC)ccc6c5c4c32)c1. The van der Waals surface area contributed by atoms with Gasteiger partial charge < -0.3 is 9.47 Å². The van der Waals surface area contributed by atoms with E-state index in [0.29, 0.717) is 0 Å². The molecule has 6 aromatic carbocycles. The summed E-state index contributed by atoms with van der Waals surface area (Å²) in [5, 5.41) is 12.5. The molecule has 0 aliphatic carbocycles. The second-order valence-corrected chi connectivity index (χ2v) is 7.73. The summed E-state index contributed by atoms with van der Waals surface area (Å²) in [5.74, 6) is 1.76. The summed E-state index contributed by atoms with van der Waals surface area (Å²) in [5.41, 5.74) is 0. The first-order chi connectivity index (χ1) is 14.8. The van der Waals surface area contributed by atoms with Gasteiger partial charge in [-0.25, -0.2) is 0 Å². The number of fused-ring (bicyclic) bond motifs is 9. The van der Waals surface area contributed by atoms with Crippen molar-refractivity contribution >= 4 is 53.9 Å². The molecule has 0 amide bonds. The van der Waals surface area contributed by atoms with Crippen molar-refractivity contribution in [3.8, 4) is 11.5 Å². The molecule has 0 N–H and O–H groups in total. The van der Waals surface area contributed by atoms with Crippen LogP contribution in [0.3, 0.4) is 0 Å². The van der Waals surface area contributed by atoms with Crippen molar-refractivity contribution in [1.82, 2.24) is 0 Å². The monoisotopic (exact) mass is 388 g/mol. The Morgan fingerprint density at radius 1 is 0.400 bits per heavy atom. The Morgan fingerprint density at radius 3 is 1.17 bits per heavy atom. The van der Waals surface area contributed by atoms with E-state index in [4.69, 9.17) is 9.47 Å². The van der Waals surface area contributed by atoms with E-state index in [1.807, 2.05) is 0 Å². The van der Waals surface area contributed by atoms with Crippen molar-refractivity contribution < 1.29 is 9.47 Å². The smallest absolute Gasteiger partial charge is 0.119 e. The van der Waals surface area contributed by atoms with Gasteiger partial charge in [-0.15, -0.1) is 0 Å². The molecule has 2 heteroatoms. The van der Waals surface area contributed by atoms with Crippen molar-refractivity contribution in [3.63, 3.8) is 0 Å². The average Bonchev–Trinajstić information content (AvgIpc) is 2.82. The van der Waals surface area contributed by atoms with Crippen LogP contribution in [0, 0.1) is 0 Å². The van der Waals surface area contributed by atoms with Crippen molar-refractivity contribution in [2.75, 3.05) is 14.2 Å². The minimum Gasteiger partial charge on any atom is -0.497 e. The Morgan fingerprint density at radius 2 is 0.767 bits per heavy atom. The van der Waals surface area contributed by atoms with Gasteiger partial charge in [0.15, 0.2) is 0 Å². The average molecular weight is 388 g/mol. The molecule has 6 rings (SSSR count). The fourth-order valence-electron chi connectivity index (χ4n) is 4.73. The second kappa shape index (κ2) is 6.36. The maximum Gasteiger partial charge on any atom is 0.119 e. The van der Waals surface area contributed by atoms with Crippen LogP contribution in [0.4, 0.5) is 0 Å². The first-order valence-corrected chi connectivity index (χ1v) is 10.1. The largest absolute Gasteiger partial charge is 0.497 e. The van der Waals surface area contributed by atoms with Gasteiger partial charge in [-0.3, -0.25) is 0 Å². The maximum atomic E-state index is 5.46. The van der Waals surface area contributed by atoms with E-state index in [1.165, 1.54) is 53.9 Å². The molecule has 0 heterocycles. The standard InChI is InChI=1S/C28H20O2/c1-29-22-11-13-24-20(15-22)9-7-17-3-5-19-6-4-18-8-10-21-16-23(30-2)12-14-25(21)27(18)28(19)26(17)24/h3-16H,1-2H3. The number of hydrogen-bond acceptors (Lipinski definition) is 2. The molecule has 0 aliphatic rings. The molecular formula is C28H20O2. The number of rotatable bonds is 2. The van der Waals surface area contributed by atoms with Crippen LogP contribution in [-0.4, -0.2) is 14.2 Å². The predicted octanol–water partition coefficient (Wildman–Crippen LogP) is 7.47. The summed E-state index contributed by atoms with van der Waals surface area (Å²) >= 11 is 0. The van der Waals surface area contributed by atoms with Gasteiger partial charge in [0, 0.05) is 0 Å². The summed E-state index contributed by atoms with van der Waals surface area (Å²) in [4.78, 5) is 0. The number of ether oxygens (including phenoxy) is 2. The lowest BCUT2D eigenvalue weighted by Gasteiger charge is -2.14. The molecule has 0 saturated heterocycles. The van der Waals surface area contributed by atoms with E-state index in [9.17, 15) is 0 Å². The second-order valence-electron chi connectivity index (χ2n) is 7.73. The molecule has 30 heavy (non-hydrogen) atoms. The quantitative estimate of drug-likeness (QED) is 0.286. The third-order valence-electron chi connectivity index (χ3n) is 6.19. The molecule has 0 atom stereocenters.